The van der Waals surface area contributed by atoms with Crippen molar-refractivity contribution in [2.24, 2.45) is 0 Å². The first-order valence-corrected chi connectivity index (χ1v) is 8.54. The predicted molar refractivity (Wildman–Crippen MR) is 99.2 cm³/mol. The second-order valence-corrected chi connectivity index (χ2v) is 6.36. The number of furan rings is 1. The van der Waals surface area contributed by atoms with Crippen molar-refractivity contribution in [1.29, 1.82) is 0 Å². The number of carbonyl (C=O) groups is 2. The Bertz CT molecular complexity index is 949. The topological polar surface area (TPSA) is 68.5 Å². The highest BCUT2D eigenvalue weighted by Gasteiger charge is 2.21. The number of esters is 1. The maximum Gasteiger partial charge on any atom is 0.375 e. The van der Waals surface area contributed by atoms with E-state index in [0.29, 0.717) is 16.2 Å². The summed E-state index contributed by atoms with van der Waals surface area (Å²) < 4.78 is 10.6. The molecule has 3 rings (SSSR count). The van der Waals surface area contributed by atoms with Crippen LogP contribution in [-0.4, -0.2) is 18.5 Å². The maximum absolute atomic E-state index is 12.3. The van der Waals surface area contributed by atoms with Crippen LogP contribution < -0.4 is 5.32 Å². The van der Waals surface area contributed by atoms with Crippen molar-refractivity contribution >= 4 is 34.4 Å². The van der Waals surface area contributed by atoms with Crippen LogP contribution in [0, 0.1) is 6.92 Å². The monoisotopic (exact) mass is 371 g/mol. The van der Waals surface area contributed by atoms with E-state index >= 15 is 0 Å². The highest BCUT2D eigenvalue weighted by molar-refractivity contribution is 6.35. The summed E-state index contributed by atoms with van der Waals surface area (Å²) in [5, 5.41) is 3.94. The second kappa shape index (κ2) is 7.62. The smallest absolute Gasteiger partial charge is 0.375 e. The Morgan fingerprint density at radius 3 is 2.58 bits per heavy atom. The third-order valence-corrected chi connectivity index (χ3v) is 4.41. The van der Waals surface area contributed by atoms with E-state index in [2.05, 4.69) is 5.32 Å². The van der Waals surface area contributed by atoms with Crippen molar-refractivity contribution in [3.05, 3.63) is 70.4 Å². The van der Waals surface area contributed by atoms with Crippen LogP contribution in [-0.2, 0) is 9.53 Å². The number of hydrogen-bond donors (Lipinski definition) is 1. The van der Waals surface area contributed by atoms with Crippen LogP contribution in [0.3, 0.4) is 0 Å². The summed E-state index contributed by atoms with van der Waals surface area (Å²) in [6, 6.07) is 14.6. The Morgan fingerprint density at radius 1 is 1.15 bits per heavy atom. The van der Waals surface area contributed by atoms with Crippen molar-refractivity contribution in [2.45, 2.75) is 19.9 Å². The van der Waals surface area contributed by atoms with Crippen LogP contribution in [0.2, 0.25) is 5.02 Å². The molecule has 1 unspecified atom stereocenters. The fraction of sp³-hybridized carbons (Fsp3) is 0.200. The van der Waals surface area contributed by atoms with E-state index in [1.165, 1.54) is 0 Å². The minimum absolute atomic E-state index is 0.0528. The summed E-state index contributed by atoms with van der Waals surface area (Å²) in [7, 11) is 0. The number of nitrogens with one attached hydrogen (secondary N) is 1. The minimum Gasteiger partial charge on any atom is -0.450 e. The van der Waals surface area contributed by atoms with E-state index in [1.54, 1.807) is 19.1 Å². The zero-order valence-electron chi connectivity index (χ0n) is 14.4. The molecule has 1 aromatic heterocycles. The number of rotatable bonds is 5. The van der Waals surface area contributed by atoms with Crippen molar-refractivity contribution < 1.29 is 18.7 Å². The molecule has 2 aromatic carbocycles. The first-order valence-electron chi connectivity index (χ1n) is 8.16. The van der Waals surface area contributed by atoms with Gasteiger partial charge in [-0.3, -0.25) is 4.79 Å². The lowest BCUT2D eigenvalue weighted by molar-refractivity contribution is -0.124. The van der Waals surface area contributed by atoms with Gasteiger partial charge in [0.25, 0.3) is 5.91 Å². The number of hydrogen-bond acceptors (Lipinski definition) is 4. The number of fused-ring (bicyclic) bond motifs is 1. The Labute approximate surface area is 155 Å². The summed E-state index contributed by atoms with van der Waals surface area (Å²) in [6.07, 6.45) is 0. The molecule has 0 saturated carbocycles. The van der Waals surface area contributed by atoms with Crippen molar-refractivity contribution in [1.82, 2.24) is 5.32 Å². The summed E-state index contributed by atoms with van der Waals surface area (Å²) in [6.45, 7) is 3.22. The average molecular weight is 372 g/mol. The molecule has 0 aliphatic rings. The SMILES string of the molecule is Cc1c(C(=O)OCC(=O)NC(C)c2ccccc2)oc2c(Cl)cccc12. The summed E-state index contributed by atoms with van der Waals surface area (Å²) in [5.41, 5.74) is 2.03. The fourth-order valence-corrected chi connectivity index (χ4v) is 2.92. The number of carbonyl (C=O) groups excluding carboxylic acids is 2. The van der Waals surface area contributed by atoms with Gasteiger partial charge in [-0.15, -0.1) is 0 Å². The van der Waals surface area contributed by atoms with Crippen LogP contribution in [0.25, 0.3) is 11.0 Å². The van der Waals surface area contributed by atoms with Crippen LogP contribution in [0.1, 0.15) is 34.6 Å². The first kappa shape index (κ1) is 18.0. The molecule has 3 aromatic rings. The van der Waals surface area contributed by atoms with Gasteiger partial charge in [-0.1, -0.05) is 54.1 Å². The molecule has 1 heterocycles. The van der Waals surface area contributed by atoms with Crippen LogP contribution in [0.15, 0.2) is 52.9 Å². The van der Waals surface area contributed by atoms with Crippen molar-refractivity contribution in [3.8, 4) is 0 Å². The molecule has 0 spiro atoms. The number of halogens is 1. The summed E-state index contributed by atoms with van der Waals surface area (Å²) in [4.78, 5) is 24.3. The lowest BCUT2D eigenvalue weighted by atomic mass is 10.1. The van der Waals surface area contributed by atoms with Crippen LogP contribution in [0.4, 0.5) is 0 Å². The van der Waals surface area contributed by atoms with E-state index in [-0.39, 0.29) is 24.3 Å². The zero-order valence-corrected chi connectivity index (χ0v) is 15.2. The molecular formula is C20H18ClNO4. The lowest BCUT2D eigenvalue weighted by Gasteiger charge is -2.14. The fourth-order valence-electron chi connectivity index (χ4n) is 2.71. The normalized spacial score (nSPS) is 12.0. The molecule has 0 bridgehead atoms. The van der Waals surface area contributed by atoms with E-state index in [0.717, 1.165) is 10.9 Å². The highest BCUT2D eigenvalue weighted by Crippen LogP contribution is 2.30. The molecule has 6 heteroatoms. The first-order chi connectivity index (χ1) is 12.5. The maximum atomic E-state index is 12.3. The zero-order chi connectivity index (χ0) is 18.7. The molecule has 0 aliphatic carbocycles. The van der Waals surface area contributed by atoms with Gasteiger partial charge in [-0.2, -0.15) is 0 Å². The average Bonchev–Trinajstić information content (AvgIpc) is 2.99. The number of benzene rings is 2. The molecule has 26 heavy (non-hydrogen) atoms. The summed E-state index contributed by atoms with van der Waals surface area (Å²) in [5.74, 6) is -1.03. The molecule has 0 aliphatic heterocycles. The third-order valence-electron chi connectivity index (χ3n) is 4.11. The Morgan fingerprint density at radius 2 is 1.88 bits per heavy atom. The molecule has 0 saturated heterocycles. The lowest BCUT2D eigenvalue weighted by Crippen LogP contribution is -2.31. The van der Waals surface area contributed by atoms with Crippen LogP contribution in [0.5, 0.6) is 0 Å². The number of ether oxygens (including phenoxy) is 1. The molecule has 1 N–H and O–H groups in total. The van der Waals surface area contributed by atoms with E-state index in [9.17, 15) is 9.59 Å². The highest BCUT2D eigenvalue weighted by atomic mass is 35.5. The minimum atomic E-state index is -0.697. The standard InChI is InChI=1S/C20H18ClNO4/c1-12-15-9-6-10-16(21)19(15)26-18(12)20(24)25-11-17(23)22-13(2)14-7-4-3-5-8-14/h3-10,13H,11H2,1-2H3,(H,22,23). The predicted octanol–water partition coefficient (Wildman–Crippen LogP) is 4.43. The third kappa shape index (κ3) is 3.73. The van der Waals surface area contributed by atoms with E-state index in [4.69, 9.17) is 20.8 Å². The van der Waals surface area contributed by atoms with E-state index < -0.39 is 5.97 Å². The Hall–Kier alpha value is -2.79. The van der Waals surface area contributed by atoms with E-state index in [1.807, 2.05) is 43.3 Å². The summed E-state index contributed by atoms with van der Waals surface area (Å²) >= 11 is 6.08. The Kier molecular flexibility index (Phi) is 5.28. The Balaban J connectivity index is 1.63. The van der Waals surface area contributed by atoms with Gasteiger partial charge in [-0.05, 0) is 25.5 Å². The molecule has 1 amide bonds. The second-order valence-electron chi connectivity index (χ2n) is 5.95. The van der Waals surface area contributed by atoms with Gasteiger partial charge in [0.15, 0.2) is 12.2 Å². The van der Waals surface area contributed by atoms with Gasteiger partial charge in [0.05, 0.1) is 11.1 Å². The van der Waals surface area contributed by atoms with Crippen molar-refractivity contribution in [2.75, 3.05) is 6.61 Å². The molecule has 134 valence electrons. The van der Waals surface area contributed by atoms with Crippen LogP contribution >= 0.6 is 11.6 Å². The molecule has 0 fully saturated rings. The quantitative estimate of drug-likeness (QED) is 0.674. The number of aryl methyl sites for hydroxylation is 1. The largest absolute Gasteiger partial charge is 0.450 e. The van der Waals surface area contributed by atoms with Gasteiger partial charge in [0.2, 0.25) is 5.76 Å². The molecule has 0 radical (unpaired) electrons. The number of amides is 1. The molecule has 1 atom stereocenters. The van der Waals surface area contributed by atoms with Gasteiger partial charge in [-0.25, -0.2) is 4.79 Å². The van der Waals surface area contributed by atoms with Gasteiger partial charge < -0.3 is 14.5 Å². The van der Waals surface area contributed by atoms with Crippen molar-refractivity contribution in [3.63, 3.8) is 0 Å². The van der Waals surface area contributed by atoms with Gasteiger partial charge in [0, 0.05) is 10.9 Å². The van der Waals surface area contributed by atoms with Gasteiger partial charge >= 0.3 is 5.97 Å². The molecule has 5 nitrogen and oxygen atoms in total. The molecular weight excluding hydrogens is 354 g/mol. The van der Waals surface area contributed by atoms with Gasteiger partial charge in [0.1, 0.15) is 0 Å². The number of para-hydroxylation sites is 1.